The van der Waals surface area contributed by atoms with Gasteiger partial charge in [0.25, 0.3) is 0 Å². The maximum Gasteiger partial charge on any atom is 2.00 e. The first-order chi connectivity index (χ1) is 6.45. The largest absolute Gasteiger partial charge is 2.00 e. The van der Waals surface area contributed by atoms with Gasteiger partial charge in [-0.05, 0) is 24.3 Å². The minimum absolute atomic E-state index is 0. The van der Waals surface area contributed by atoms with Gasteiger partial charge in [-0.15, -0.1) is 0 Å². The summed E-state index contributed by atoms with van der Waals surface area (Å²) >= 11 is 0. The molecule has 0 spiro atoms. The molecule has 80 valence electrons. The van der Waals surface area contributed by atoms with E-state index in [1.165, 1.54) is 0 Å². The van der Waals surface area contributed by atoms with Crippen LogP contribution < -0.4 is 38.7 Å². The molecule has 4 heteroatoms. The predicted molar refractivity (Wildman–Crippen MR) is 58.7 cm³/mol. The molecule has 2 rings (SSSR count). The van der Waals surface area contributed by atoms with E-state index in [0.29, 0.717) is 0 Å². The summed E-state index contributed by atoms with van der Waals surface area (Å²) in [6.07, 6.45) is 0. The third kappa shape index (κ3) is 5.89. The molecule has 0 aromatic heterocycles. The minimum atomic E-state index is 0. The van der Waals surface area contributed by atoms with Crippen LogP contribution in [-0.4, -0.2) is 23.1 Å². The molecule has 2 aromatic rings. The van der Waals surface area contributed by atoms with E-state index < -0.39 is 0 Å². The topological polar surface area (TPSA) is 9.23 Å². The van der Waals surface area contributed by atoms with E-state index in [9.17, 15) is 0 Å². The van der Waals surface area contributed by atoms with Gasteiger partial charge in [-0.3, -0.25) is 0 Å². The summed E-state index contributed by atoms with van der Waals surface area (Å²) in [7, 11) is 0. The van der Waals surface area contributed by atoms with Gasteiger partial charge in [-0.1, -0.05) is 36.4 Å². The zero-order chi connectivity index (χ0) is 8.93. The van der Waals surface area contributed by atoms with Gasteiger partial charge in [0.1, 0.15) is 11.5 Å². The van der Waals surface area contributed by atoms with Crippen molar-refractivity contribution < 1.29 is 38.7 Å². The van der Waals surface area contributed by atoms with Crippen LogP contribution in [0.25, 0.3) is 0 Å². The molecular weight excluding hydrogens is 344 g/mol. The maximum atomic E-state index is 5.58. The Morgan fingerprint density at radius 2 is 0.875 bits per heavy atom. The van der Waals surface area contributed by atoms with E-state index in [0.717, 1.165) is 11.5 Å². The average molecular weight is 354 g/mol. The molecule has 0 aliphatic carbocycles. The Balaban J connectivity index is 0. The quantitative estimate of drug-likeness (QED) is 0.526. The molecule has 2 aromatic carbocycles. The normalized spacial score (nSPS) is 7.75. The van der Waals surface area contributed by atoms with Crippen LogP contribution in [0.3, 0.4) is 0 Å². The summed E-state index contributed by atoms with van der Waals surface area (Å²) in [6, 6.07) is 19.5. The molecule has 0 bridgehead atoms. The molecule has 0 aliphatic rings. The fourth-order valence-electron chi connectivity index (χ4n) is 1.11. The molecule has 0 atom stereocenters. The van der Waals surface area contributed by atoms with Crippen molar-refractivity contribution in [3.63, 3.8) is 0 Å². The summed E-state index contributed by atoms with van der Waals surface area (Å²) in [6.45, 7) is 0. The zero-order valence-electron chi connectivity index (χ0n) is 8.64. The molecule has 0 aliphatic heterocycles. The van der Waals surface area contributed by atoms with Crippen LogP contribution >= 0.6 is 0 Å². The fourth-order valence-corrected chi connectivity index (χ4v) is 1.11. The van der Waals surface area contributed by atoms with E-state index in [-0.39, 0.29) is 57.0 Å². The van der Waals surface area contributed by atoms with Crippen molar-refractivity contribution in [2.75, 3.05) is 0 Å². The van der Waals surface area contributed by atoms with E-state index in [2.05, 4.69) is 0 Å². The predicted octanol–water partition coefficient (Wildman–Crippen LogP) is -2.89. The van der Waals surface area contributed by atoms with E-state index in [1.807, 2.05) is 60.7 Å². The van der Waals surface area contributed by atoms with Crippen molar-refractivity contribution >= 4 is 23.1 Å². The van der Waals surface area contributed by atoms with Crippen molar-refractivity contribution in [2.24, 2.45) is 0 Å². The number of para-hydroxylation sites is 2. The molecule has 16 heavy (non-hydrogen) atoms. The number of benzene rings is 2. The fraction of sp³-hybridized carbons (Fsp3) is 0. The molecule has 0 heterocycles. The van der Waals surface area contributed by atoms with Crippen LogP contribution in [0.15, 0.2) is 60.7 Å². The molecule has 0 radical (unpaired) electrons. The number of hydrogen-bond donors (Lipinski definition) is 0. The van der Waals surface area contributed by atoms with Gasteiger partial charge < -0.3 is 38.7 Å². The molecule has 0 fully saturated rings. The smallest absolute Gasteiger partial charge is 1.00 e. The summed E-state index contributed by atoms with van der Waals surface area (Å²) in [5, 5.41) is 0. The summed E-state index contributed by atoms with van der Waals surface area (Å²) in [5.74, 6) is 1.74. The Kier molecular flexibility index (Phi) is 11.6. The van der Waals surface area contributed by atoms with Crippen LogP contribution in [0.1, 0.15) is 0 Å². The Bertz CT molecular complexity index is 330. The van der Waals surface area contributed by atoms with Crippen molar-refractivity contribution in [3.05, 3.63) is 60.7 Å². The first-order valence-electron chi connectivity index (χ1n) is 4.23. The molecule has 0 unspecified atom stereocenters. The average Bonchev–Trinajstić information content (AvgIpc) is 2.21. The number of ether oxygens (including phenoxy) is 1. The second kappa shape index (κ2) is 10.1. The Labute approximate surface area is 133 Å². The maximum absolute atomic E-state index is 5.58. The third-order valence-corrected chi connectivity index (χ3v) is 1.72. The monoisotopic (exact) mass is 352 g/mol. The van der Waals surface area contributed by atoms with Crippen molar-refractivity contribution in [1.82, 2.24) is 0 Å². The van der Waals surface area contributed by atoms with Crippen LogP contribution in [0.4, 0.5) is 0 Å². The van der Waals surface area contributed by atoms with Crippen molar-refractivity contribution in [3.8, 4) is 11.5 Å². The summed E-state index contributed by atoms with van der Waals surface area (Å²) in [5.41, 5.74) is 0. The van der Waals surface area contributed by atoms with Gasteiger partial charge in [0.2, 0.25) is 0 Å². The van der Waals surface area contributed by atoms with Crippen molar-refractivity contribution in [2.45, 2.75) is 0 Å². The minimum Gasteiger partial charge on any atom is -1.00 e. The SMILES string of the molecule is [Br-].[Br-].[Mg+2].c1ccc(Oc2ccccc2)cc1. The van der Waals surface area contributed by atoms with Gasteiger partial charge >= 0.3 is 23.1 Å². The van der Waals surface area contributed by atoms with Crippen LogP contribution in [-0.2, 0) is 0 Å². The van der Waals surface area contributed by atoms with E-state index >= 15 is 0 Å². The van der Waals surface area contributed by atoms with Gasteiger partial charge in [-0.2, -0.15) is 0 Å². The summed E-state index contributed by atoms with van der Waals surface area (Å²) < 4.78 is 5.58. The second-order valence-corrected chi connectivity index (χ2v) is 2.73. The third-order valence-electron chi connectivity index (χ3n) is 1.72. The molecule has 1 nitrogen and oxygen atoms in total. The first kappa shape index (κ1) is 18.3. The molecule has 0 saturated heterocycles. The van der Waals surface area contributed by atoms with Crippen LogP contribution in [0.5, 0.6) is 11.5 Å². The van der Waals surface area contributed by atoms with Crippen LogP contribution in [0, 0.1) is 0 Å². The molecule has 0 amide bonds. The summed E-state index contributed by atoms with van der Waals surface area (Å²) in [4.78, 5) is 0. The van der Waals surface area contributed by atoms with E-state index in [4.69, 9.17) is 4.74 Å². The second-order valence-electron chi connectivity index (χ2n) is 2.73. The number of halogens is 2. The molecule has 0 saturated carbocycles. The Morgan fingerprint density at radius 1 is 0.562 bits per heavy atom. The van der Waals surface area contributed by atoms with Crippen molar-refractivity contribution in [1.29, 1.82) is 0 Å². The zero-order valence-corrected chi connectivity index (χ0v) is 13.2. The van der Waals surface area contributed by atoms with Gasteiger partial charge in [0, 0.05) is 0 Å². The van der Waals surface area contributed by atoms with Gasteiger partial charge in [0.15, 0.2) is 0 Å². The molecule has 0 N–H and O–H groups in total. The standard InChI is InChI=1S/C12H10O.2BrH.Mg/c1-3-7-11(8-4-1)13-12-9-5-2-6-10-12;;;/h1-10H;2*1H;/q;;;+2/p-2. The van der Waals surface area contributed by atoms with Gasteiger partial charge in [-0.25, -0.2) is 0 Å². The first-order valence-corrected chi connectivity index (χ1v) is 4.23. The van der Waals surface area contributed by atoms with E-state index in [1.54, 1.807) is 0 Å². The number of rotatable bonds is 2. The number of hydrogen-bond acceptors (Lipinski definition) is 1. The molecular formula is C12H10Br2MgO. The Morgan fingerprint density at radius 3 is 1.19 bits per heavy atom. The van der Waals surface area contributed by atoms with Crippen LogP contribution in [0.2, 0.25) is 0 Å². The van der Waals surface area contributed by atoms with Gasteiger partial charge in [0.05, 0.1) is 0 Å². The Hall–Kier alpha value is -0.0338.